The fourth-order valence-corrected chi connectivity index (χ4v) is 2.90. The normalized spacial score (nSPS) is 19.4. The van der Waals surface area contributed by atoms with Crippen molar-refractivity contribution in [2.75, 3.05) is 11.4 Å². The van der Waals surface area contributed by atoms with Crippen LogP contribution in [0.1, 0.15) is 6.42 Å². The second-order valence-corrected chi connectivity index (χ2v) is 7.16. The molecule has 2 rings (SSSR count). The van der Waals surface area contributed by atoms with Gasteiger partial charge in [0, 0.05) is 23.6 Å². The van der Waals surface area contributed by atoms with E-state index in [9.17, 15) is 23.3 Å². The van der Waals surface area contributed by atoms with Crippen LogP contribution >= 0.6 is 22.3 Å². The standard InChI is InChI=1S/C8H6Cl2N4O5S/c9-8-11-2-5(14(16)17)7(12-8)13-3-4(1-6(13)15)20(10,18)19/h2,4H,1,3H2. The average Bonchev–Trinajstić information content (AvgIpc) is 2.70. The Morgan fingerprint density at radius 1 is 1.50 bits per heavy atom. The lowest BCUT2D eigenvalue weighted by Gasteiger charge is -2.14. The number of carbonyl (C=O) groups is 1. The molecule has 9 nitrogen and oxygen atoms in total. The zero-order chi connectivity index (χ0) is 15.1. The molecule has 1 aliphatic rings. The number of hydrogen-bond donors (Lipinski definition) is 0. The SMILES string of the molecule is O=C1CC(S(=O)(=O)Cl)CN1c1nc(Cl)ncc1[N+](=O)[O-]. The molecule has 0 bridgehead atoms. The fourth-order valence-electron chi connectivity index (χ4n) is 1.74. The number of aromatic nitrogens is 2. The minimum atomic E-state index is -3.96. The number of rotatable bonds is 3. The smallest absolute Gasteiger partial charge is 0.289 e. The summed E-state index contributed by atoms with van der Waals surface area (Å²) in [6.07, 6.45) is 0.477. The van der Waals surface area contributed by atoms with Gasteiger partial charge < -0.3 is 0 Å². The maximum absolute atomic E-state index is 11.8. The molecule has 1 saturated heterocycles. The van der Waals surface area contributed by atoms with Gasteiger partial charge in [-0.1, -0.05) is 0 Å². The Bertz CT molecular complexity index is 694. The van der Waals surface area contributed by atoms with E-state index >= 15 is 0 Å². The minimum absolute atomic E-state index is 0.296. The predicted molar refractivity (Wildman–Crippen MR) is 69.2 cm³/mol. The van der Waals surface area contributed by atoms with Gasteiger partial charge in [-0.15, -0.1) is 0 Å². The Labute approximate surface area is 122 Å². The molecule has 0 aromatic carbocycles. The van der Waals surface area contributed by atoms with Gasteiger partial charge in [-0.05, 0) is 11.6 Å². The van der Waals surface area contributed by atoms with Gasteiger partial charge in [0.2, 0.25) is 26.1 Å². The van der Waals surface area contributed by atoms with E-state index in [-0.39, 0.29) is 24.1 Å². The number of amides is 1. The fraction of sp³-hybridized carbons (Fsp3) is 0.375. The van der Waals surface area contributed by atoms with E-state index in [0.29, 0.717) is 0 Å². The van der Waals surface area contributed by atoms with Gasteiger partial charge in [-0.25, -0.2) is 13.4 Å². The van der Waals surface area contributed by atoms with Crippen molar-refractivity contribution in [3.05, 3.63) is 21.6 Å². The summed E-state index contributed by atoms with van der Waals surface area (Å²) in [7, 11) is 1.24. The summed E-state index contributed by atoms with van der Waals surface area (Å²) >= 11 is 5.55. The van der Waals surface area contributed by atoms with Gasteiger partial charge in [0.05, 0.1) is 4.92 Å². The summed E-state index contributed by atoms with van der Waals surface area (Å²) in [5.74, 6) is -0.986. The Balaban J connectivity index is 2.45. The molecule has 0 spiro atoms. The third-order valence-electron chi connectivity index (χ3n) is 2.66. The van der Waals surface area contributed by atoms with E-state index in [0.717, 1.165) is 11.1 Å². The van der Waals surface area contributed by atoms with Crippen LogP contribution in [0.15, 0.2) is 6.20 Å². The predicted octanol–water partition coefficient (Wildman–Crippen LogP) is 0.712. The maximum Gasteiger partial charge on any atom is 0.330 e. The van der Waals surface area contributed by atoms with Crippen LogP contribution < -0.4 is 4.90 Å². The Hall–Kier alpha value is -1.52. The van der Waals surface area contributed by atoms with Gasteiger partial charge in [0.1, 0.15) is 11.4 Å². The molecule has 0 radical (unpaired) electrons. The summed E-state index contributed by atoms with van der Waals surface area (Å²) in [4.78, 5) is 29.8. The molecule has 0 saturated carbocycles. The quantitative estimate of drug-likeness (QED) is 0.343. The summed E-state index contributed by atoms with van der Waals surface area (Å²) in [5.41, 5.74) is -0.546. The average molecular weight is 341 g/mol. The summed E-state index contributed by atoms with van der Waals surface area (Å²) in [5, 5.41) is 9.43. The summed E-state index contributed by atoms with van der Waals surface area (Å²) < 4.78 is 22.5. The first-order chi connectivity index (χ1) is 9.20. The lowest BCUT2D eigenvalue weighted by molar-refractivity contribution is -0.384. The van der Waals surface area contributed by atoms with Crippen molar-refractivity contribution >= 4 is 48.7 Å². The minimum Gasteiger partial charge on any atom is -0.289 e. The van der Waals surface area contributed by atoms with Gasteiger partial charge in [0.25, 0.3) is 0 Å². The zero-order valence-corrected chi connectivity index (χ0v) is 11.9. The molecule has 1 unspecified atom stereocenters. The van der Waals surface area contributed by atoms with E-state index in [2.05, 4.69) is 9.97 Å². The third kappa shape index (κ3) is 2.81. The highest BCUT2D eigenvalue weighted by Crippen LogP contribution is 2.31. The number of halogens is 2. The van der Waals surface area contributed by atoms with Crippen LogP contribution in [0.5, 0.6) is 0 Å². The number of hydrogen-bond acceptors (Lipinski definition) is 7. The third-order valence-corrected chi connectivity index (χ3v) is 4.71. The highest BCUT2D eigenvalue weighted by atomic mass is 35.7. The molecule has 20 heavy (non-hydrogen) atoms. The van der Waals surface area contributed by atoms with Crippen LogP contribution in [-0.4, -0.2) is 41.0 Å². The highest BCUT2D eigenvalue weighted by Gasteiger charge is 2.41. The molecule has 12 heteroatoms. The number of nitrogens with zero attached hydrogens (tertiary/aromatic N) is 4. The first-order valence-electron chi connectivity index (χ1n) is 5.11. The molecule has 0 aliphatic carbocycles. The number of anilines is 1. The van der Waals surface area contributed by atoms with Gasteiger partial charge in [0.15, 0.2) is 0 Å². The number of carbonyl (C=O) groups excluding carboxylic acids is 1. The van der Waals surface area contributed by atoms with Crippen LogP contribution in [0.25, 0.3) is 0 Å². The van der Waals surface area contributed by atoms with Crippen molar-refractivity contribution in [2.45, 2.75) is 11.7 Å². The van der Waals surface area contributed by atoms with Crippen molar-refractivity contribution < 1.29 is 18.1 Å². The van der Waals surface area contributed by atoms with Gasteiger partial charge in [-0.2, -0.15) is 4.98 Å². The van der Waals surface area contributed by atoms with Crippen LogP contribution in [0.4, 0.5) is 11.5 Å². The van der Waals surface area contributed by atoms with Crippen molar-refractivity contribution in [1.82, 2.24) is 9.97 Å². The molecular formula is C8H6Cl2N4O5S. The van der Waals surface area contributed by atoms with Crippen molar-refractivity contribution in [3.8, 4) is 0 Å². The van der Waals surface area contributed by atoms with Crippen molar-refractivity contribution in [2.24, 2.45) is 0 Å². The topological polar surface area (TPSA) is 123 Å². The van der Waals surface area contributed by atoms with E-state index < -0.39 is 30.8 Å². The van der Waals surface area contributed by atoms with Crippen molar-refractivity contribution in [3.63, 3.8) is 0 Å². The second kappa shape index (κ2) is 5.11. The van der Waals surface area contributed by atoms with E-state index in [1.165, 1.54) is 0 Å². The Kier molecular flexibility index (Phi) is 3.80. The lowest BCUT2D eigenvalue weighted by atomic mass is 10.4. The summed E-state index contributed by atoms with van der Waals surface area (Å²) in [6.45, 7) is -0.321. The molecule has 1 fully saturated rings. The van der Waals surface area contributed by atoms with Crippen LogP contribution in [0, 0.1) is 10.1 Å². The molecule has 1 aromatic heterocycles. The van der Waals surface area contributed by atoms with Gasteiger partial charge >= 0.3 is 5.69 Å². The van der Waals surface area contributed by atoms with E-state index in [4.69, 9.17) is 22.3 Å². The maximum atomic E-state index is 11.8. The summed E-state index contributed by atoms with van der Waals surface area (Å²) in [6, 6.07) is 0. The van der Waals surface area contributed by atoms with Crippen LogP contribution in [0.3, 0.4) is 0 Å². The molecular weight excluding hydrogens is 335 g/mol. The highest BCUT2D eigenvalue weighted by molar-refractivity contribution is 8.14. The monoisotopic (exact) mass is 340 g/mol. The van der Waals surface area contributed by atoms with E-state index in [1.54, 1.807) is 0 Å². The molecule has 108 valence electrons. The first kappa shape index (κ1) is 14.9. The molecule has 1 atom stereocenters. The molecule has 1 aliphatic heterocycles. The van der Waals surface area contributed by atoms with Crippen molar-refractivity contribution in [1.29, 1.82) is 0 Å². The number of nitro groups is 1. The largest absolute Gasteiger partial charge is 0.330 e. The van der Waals surface area contributed by atoms with Crippen LogP contribution in [0.2, 0.25) is 5.28 Å². The second-order valence-electron chi connectivity index (χ2n) is 3.91. The van der Waals surface area contributed by atoms with Crippen LogP contribution in [-0.2, 0) is 13.8 Å². The zero-order valence-electron chi connectivity index (χ0n) is 9.56. The molecule has 0 N–H and O–H groups in total. The Morgan fingerprint density at radius 2 is 2.15 bits per heavy atom. The molecule has 1 aromatic rings. The first-order valence-corrected chi connectivity index (χ1v) is 7.86. The van der Waals surface area contributed by atoms with E-state index in [1.807, 2.05) is 0 Å². The molecule has 2 heterocycles. The lowest BCUT2D eigenvalue weighted by Crippen LogP contribution is -2.28. The Morgan fingerprint density at radius 3 is 2.65 bits per heavy atom. The molecule has 1 amide bonds. The van der Waals surface area contributed by atoms with Gasteiger partial charge in [-0.3, -0.25) is 19.8 Å².